The van der Waals surface area contributed by atoms with E-state index in [2.05, 4.69) is 0 Å². The summed E-state index contributed by atoms with van der Waals surface area (Å²) in [6.07, 6.45) is 2.84. The van der Waals surface area contributed by atoms with Crippen LogP contribution in [0, 0.1) is 12.8 Å². The van der Waals surface area contributed by atoms with Gasteiger partial charge in [-0.1, -0.05) is 19.9 Å². The molecule has 1 aromatic rings. The highest BCUT2D eigenvalue weighted by atomic mass is 16.5. The van der Waals surface area contributed by atoms with Crippen LogP contribution in [-0.4, -0.2) is 13.4 Å². The number of aryl methyl sites for hydroxylation is 1. The van der Waals surface area contributed by atoms with Crippen molar-refractivity contribution in [3.63, 3.8) is 0 Å². The first-order valence-corrected chi connectivity index (χ1v) is 5.40. The summed E-state index contributed by atoms with van der Waals surface area (Å²) in [5.41, 5.74) is 2.92. The number of carbonyl (C=O) groups excluding carboxylic acids is 1. The maximum atomic E-state index is 10.9. The first-order valence-electron chi connectivity index (χ1n) is 5.40. The van der Waals surface area contributed by atoms with Crippen LogP contribution in [-0.2, 0) is 4.79 Å². The molecule has 0 aromatic heterocycles. The van der Waals surface area contributed by atoms with E-state index in [-0.39, 0.29) is 5.92 Å². The standard InChI is InChI=1S/C14H18O2/c1-10(2)13(9-15)8-12-5-6-14(16-4)11(3)7-12/h5-10H,1-4H3. The number of hydrogen-bond acceptors (Lipinski definition) is 2. The first-order chi connectivity index (χ1) is 7.58. The third-order valence-corrected chi connectivity index (χ3v) is 2.55. The van der Waals surface area contributed by atoms with E-state index in [0.29, 0.717) is 0 Å². The highest BCUT2D eigenvalue weighted by molar-refractivity contribution is 5.82. The molecule has 1 rings (SSSR count). The largest absolute Gasteiger partial charge is 0.496 e. The van der Waals surface area contributed by atoms with Gasteiger partial charge in [-0.3, -0.25) is 4.79 Å². The van der Waals surface area contributed by atoms with Crippen molar-refractivity contribution in [2.24, 2.45) is 5.92 Å². The van der Waals surface area contributed by atoms with Crippen molar-refractivity contribution in [1.29, 1.82) is 0 Å². The number of carbonyl (C=O) groups is 1. The smallest absolute Gasteiger partial charge is 0.146 e. The van der Waals surface area contributed by atoms with Gasteiger partial charge >= 0.3 is 0 Å². The molecule has 0 saturated carbocycles. The van der Waals surface area contributed by atoms with Gasteiger partial charge in [0.25, 0.3) is 0 Å². The van der Waals surface area contributed by atoms with Crippen LogP contribution in [0.25, 0.3) is 6.08 Å². The molecule has 0 aliphatic heterocycles. The molecule has 0 aliphatic rings. The van der Waals surface area contributed by atoms with E-state index in [4.69, 9.17) is 4.74 Å². The fourth-order valence-corrected chi connectivity index (χ4v) is 1.52. The maximum absolute atomic E-state index is 10.9. The molecule has 0 radical (unpaired) electrons. The third kappa shape index (κ3) is 2.96. The van der Waals surface area contributed by atoms with Gasteiger partial charge in [-0.15, -0.1) is 0 Å². The van der Waals surface area contributed by atoms with Crippen LogP contribution in [0.4, 0.5) is 0 Å². The Balaban J connectivity index is 3.06. The predicted octanol–water partition coefficient (Wildman–Crippen LogP) is 3.24. The molecule has 2 nitrogen and oxygen atoms in total. The van der Waals surface area contributed by atoms with Crippen LogP contribution in [0.1, 0.15) is 25.0 Å². The molecule has 1 aromatic carbocycles. The quantitative estimate of drug-likeness (QED) is 0.573. The van der Waals surface area contributed by atoms with Crippen molar-refractivity contribution in [3.8, 4) is 5.75 Å². The molecule has 16 heavy (non-hydrogen) atoms. The van der Waals surface area contributed by atoms with Gasteiger partial charge in [0.15, 0.2) is 0 Å². The summed E-state index contributed by atoms with van der Waals surface area (Å²) in [5, 5.41) is 0. The monoisotopic (exact) mass is 218 g/mol. The summed E-state index contributed by atoms with van der Waals surface area (Å²) in [4.78, 5) is 10.9. The van der Waals surface area contributed by atoms with E-state index in [9.17, 15) is 4.79 Å². The van der Waals surface area contributed by atoms with Crippen LogP contribution < -0.4 is 4.74 Å². The van der Waals surface area contributed by atoms with Gasteiger partial charge < -0.3 is 4.74 Å². The molecule has 0 N–H and O–H groups in total. The SMILES string of the molecule is COc1ccc(C=C(C=O)C(C)C)cc1C. The Hall–Kier alpha value is -1.57. The maximum Gasteiger partial charge on any atom is 0.146 e. The van der Waals surface area contributed by atoms with Gasteiger partial charge in [-0.25, -0.2) is 0 Å². The van der Waals surface area contributed by atoms with Crippen molar-refractivity contribution in [2.45, 2.75) is 20.8 Å². The normalized spacial score (nSPS) is 11.7. The Kier molecular flexibility index (Phi) is 4.29. The number of benzene rings is 1. The van der Waals surface area contributed by atoms with Gasteiger partial charge in [-0.2, -0.15) is 0 Å². The second-order valence-electron chi connectivity index (χ2n) is 4.15. The van der Waals surface area contributed by atoms with Crippen molar-refractivity contribution >= 4 is 12.4 Å². The molecule has 0 bridgehead atoms. The Bertz CT molecular complexity index is 403. The minimum Gasteiger partial charge on any atom is -0.496 e. The number of allylic oxidation sites excluding steroid dienone is 1. The highest BCUT2D eigenvalue weighted by Gasteiger charge is 2.03. The fourth-order valence-electron chi connectivity index (χ4n) is 1.52. The summed E-state index contributed by atoms with van der Waals surface area (Å²) in [5.74, 6) is 1.12. The zero-order chi connectivity index (χ0) is 12.1. The molecular formula is C14H18O2. The van der Waals surface area contributed by atoms with E-state index in [0.717, 1.165) is 28.7 Å². The second-order valence-corrected chi connectivity index (χ2v) is 4.15. The Labute approximate surface area is 96.9 Å². The van der Waals surface area contributed by atoms with E-state index < -0.39 is 0 Å². The topological polar surface area (TPSA) is 26.3 Å². The first kappa shape index (κ1) is 12.5. The molecule has 86 valence electrons. The number of rotatable bonds is 4. The van der Waals surface area contributed by atoms with Crippen molar-refractivity contribution in [1.82, 2.24) is 0 Å². The van der Waals surface area contributed by atoms with Crippen molar-refractivity contribution in [3.05, 3.63) is 34.9 Å². The molecule has 2 heteroatoms. The lowest BCUT2D eigenvalue weighted by atomic mass is 10.0. The van der Waals surface area contributed by atoms with Crippen LogP contribution in [0.5, 0.6) is 5.75 Å². The van der Waals surface area contributed by atoms with Crippen LogP contribution in [0.2, 0.25) is 0 Å². The molecule has 0 saturated heterocycles. The lowest BCUT2D eigenvalue weighted by Crippen LogP contribution is -1.95. The number of methoxy groups -OCH3 is 1. The molecular weight excluding hydrogens is 200 g/mol. The average Bonchev–Trinajstić information content (AvgIpc) is 2.25. The zero-order valence-electron chi connectivity index (χ0n) is 10.3. The zero-order valence-corrected chi connectivity index (χ0v) is 10.3. The van der Waals surface area contributed by atoms with Crippen LogP contribution >= 0.6 is 0 Å². The fraction of sp³-hybridized carbons (Fsp3) is 0.357. The summed E-state index contributed by atoms with van der Waals surface area (Å²) < 4.78 is 5.19. The van der Waals surface area contributed by atoms with Gasteiger partial charge in [0.2, 0.25) is 0 Å². The van der Waals surface area contributed by atoms with Gasteiger partial charge in [0.05, 0.1) is 7.11 Å². The number of ether oxygens (including phenoxy) is 1. The summed E-state index contributed by atoms with van der Waals surface area (Å²) in [7, 11) is 1.66. The molecule has 0 atom stereocenters. The Morgan fingerprint density at radius 1 is 1.38 bits per heavy atom. The van der Waals surface area contributed by atoms with E-state index in [1.54, 1.807) is 7.11 Å². The second kappa shape index (κ2) is 5.50. The third-order valence-electron chi connectivity index (χ3n) is 2.55. The molecule has 0 amide bonds. The molecule has 0 fully saturated rings. The summed E-state index contributed by atoms with van der Waals surface area (Å²) in [6.45, 7) is 6.01. The lowest BCUT2D eigenvalue weighted by molar-refractivity contribution is -0.105. The van der Waals surface area contributed by atoms with E-state index in [1.807, 2.05) is 45.0 Å². The van der Waals surface area contributed by atoms with Crippen molar-refractivity contribution < 1.29 is 9.53 Å². The predicted molar refractivity (Wildman–Crippen MR) is 66.6 cm³/mol. The van der Waals surface area contributed by atoms with Crippen LogP contribution in [0.3, 0.4) is 0 Å². The molecule has 0 heterocycles. The number of aldehydes is 1. The van der Waals surface area contributed by atoms with E-state index >= 15 is 0 Å². The van der Waals surface area contributed by atoms with Gasteiger partial charge in [0.1, 0.15) is 12.0 Å². The lowest BCUT2D eigenvalue weighted by Gasteiger charge is -2.07. The summed E-state index contributed by atoms with van der Waals surface area (Å²) >= 11 is 0. The molecule has 0 aliphatic carbocycles. The van der Waals surface area contributed by atoms with Gasteiger partial charge in [0, 0.05) is 0 Å². The van der Waals surface area contributed by atoms with E-state index in [1.165, 1.54) is 0 Å². The molecule has 0 unspecified atom stereocenters. The Morgan fingerprint density at radius 2 is 2.06 bits per heavy atom. The average molecular weight is 218 g/mol. The van der Waals surface area contributed by atoms with Crippen molar-refractivity contribution in [2.75, 3.05) is 7.11 Å². The minimum atomic E-state index is 0.250. The molecule has 0 spiro atoms. The van der Waals surface area contributed by atoms with Gasteiger partial charge in [-0.05, 0) is 47.8 Å². The number of hydrogen-bond donors (Lipinski definition) is 0. The Morgan fingerprint density at radius 3 is 2.50 bits per heavy atom. The minimum absolute atomic E-state index is 0.250. The highest BCUT2D eigenvalue weighted by Crippen LogP contribution is 2.21. The van der Waals surface area contributed by atoms with Crippen LogP contribution in [0.15, 0.2) is 23.8 Å². The summed E-state index contributed by atoms with van der Waals surface area (Å²) in [6, 6.07) is 5.90.